The summed E-state index contributed by atoms with van der Waals surface area (Å²) in [5, 5.41) is 0.374. The van der Waals surface area contributed by atoms with Crippen LogP contribution in [0.5, 0.6) is 0 Å². The molecule has 1 unspecified atom stereocenters. The number of allylic oxidation sites excluding steroid dienone is 3. The number of carbonyl (C=O) groups is 2. The Hall–Kier alpha value is -2.18. The average molecular weight is 372 g/mol. The van der Waals surface area contributed by atoms with Gasteiger partial charge in [-0.1, -0.05) is 6.92 Å². The lowest BCUT2D eigenvalue weighted by Gasteiger charge is -2.04. The van der Waals surface area contributed by atoms with Crippen molar-refractivity contribution in [2.45, 2.75) is 12.2 Å². The van der Waals surface area contributed by atoms with E-state index in [1.807, 2.05) is 0 Å². The molecule has 1 fully saturated rings. The maximum atomic E-state index is 12.6. The van der Waals surface area contributed by atoms with Crippen LogP contribution in [0, 0.1) is 0 Å². The number of hydrogen-bond donors (Lipinski definition) is 0. The van der Waals surface area contributed by atoms with Gasteiger partial charge in [-0.2, -0.15) is 0 Å². The van der Waals surface area contributed by atoms with Gasteiger partial charge < -0.3 is 8.83 Å². The predicted octanol–water partition coefficient (Wildman–Crippen LogP) is 4.82. The first kappa shape index (κ1) is 17.6. The van der Waals surface area contributed by atoms with Crippen molar-refractivity contribution in [2.75, 3.05) is 5.75 Å². The standard InChI is InChI=1S/C19H16O4S2/c1-13-12-24-19(25-13)18(16(20)8-6-14-4-2-10-22-14)17(21)9-7-15-5-3-11-23-15/h2-11,13H,12H2,1H3/b8-6+,9-7+. The van der Waals surface area contributed by atoms with E-state index in [4.69, 9.17) is 8.83 Å². The molecule has 6 heteroatoms. The molecule has 1 aliphatic heterocycles. The fraction of sp³-hybridized carbons (Fsp3) is 0.158. The Balaban J connectivity index is 1.85. The van der Waals surface area contributed by atoms with Gasteiger partial charge in [0.25, 0.3) is 0 Å². The second-order valence-electron chi connectivity index (χ2n) is 5.33. The van der Waals surface area contributed by atoms with E-state index < -0.39 is 0 Å². The highest BCUT2D eigenvalue weighted by Gasteiger charge is 2.26. The lowest BCUT2D eigenvalue weighted by Crippen LogP contribution is -2.10. The molecular weight excluding hydrogens is 356 g/mol. The van der Waals surface area contributed by atoms with Crippen molar-refractivity contribution in [1.82, 2.24) is 0 Å². The van der Waals surface area contributed by atoms with Gasteiger partial charge in [-0.25, -0.2) is 0 Å². The summed E-state index contributed by atoms with van der Waals surface area (Å²) in [7, 11) is 0. The van der Waals surface area contributed by atoms with Gasteiger partial charge in [0.15, 0.2) is 11.6 Å². The smallest absolute Gasteiger partial charge is 0.191 e. The van der Waals surface area contributed by atoms with E-state index in [9.17, 15) is 9.59 Å². The molecule has 128 valence electrons. The van der Waals surface area contributed by atoms with Gasteiger partial charge in [-0.05, 0) is 48.6 Å². The number of hydrogen-bond acceptors (Lipinski definition) is 6. The van der Waals surface area contributed by atoms with Gasteiger partial charge in [0.2, 0.25) is 0 Å². The highest BCUT2D eigenvalue weighted by atomic mass is 32.2. The lowest BCUT2D eigenvalue weighted by atomic mass is 10.1. The molecule has 0 aliphatic carbocycles. The Bertz CT molecular complexity index is 769. The Morgan fingerprint density at radius 2 is 1.60 bits per heavy atom. The van der Waals surface area contributed by atoms with E-state index >= 15 is 0 Å². The van der Waals surface area contributed by atoms with E-state index in [-0.39, 0.29) is 17.1 Å². The van der Waals surface area contributed by atoms with Crippen molar-refractivity contribution in [2.24, 2.45) is 0 Å². The summed E-state index contributed by atoms with van der Waals surface area (Å²) in [4.78, 5) is 25.3. The van der Waals surface area contributed by atoms with E-state index in [0.29, 0.717) is 16.8 Å². The summed E-state index contributed by atoms with van der Waals surface area (Å²) in [6.07, 6.45) is 8.96. The first-order chi connectivity index (χ1) is 12.1. The van der Waals surface area contributed by atoms with Crippen LogP contribution in [0.15, 0.2) is 67.6 Å². The van der Waals surface area contributed by atoms with Crippen LogP contribution in [-0.2, 0) is 9.59 Å². The van der Waals surface area contributed by atoms with Crippen molar-refractivity contribution in [3.8, 4) is 0 Å². The van der Waals surface area contributed by atoms with Crippen LogP contribution in [0.1, 0.15) is 18.4 Å². The molecule has 0 radical (unpaired) electrons. The fourth-order valence-electron chi connectivity index (χ4n) is 2.15. The average Bonchev–Trinajstić information content (AvgIpc) is 3.34. The van der Waals surface area contributed by atoms with Crippen molar-refractivity contribution >= 4 is 47.2 Å². The van der Waals surface area contributed by atoms with Gasteiger partial charge in [-0.15, -0.1) is 23.5 Å². The van der Waals surface area contributed by atoms with Crippen molar-refractivity contribution in [3.05, 3.63) is 70.3 Å². The molecule has 25 heavy (non-hydrogen) atoms. The Morgan fingerprint density at radius 1 is 1.04 bits per heavy atom. The monoisotopic (exact) mass is 372 g/mol. The summed E-state index contributed by atoms with van der Waals surface area (Å²) in [5.41, 5.74) is 0.199. The number of thioether (sulfide) groups is 2. The van der Waals surface area contributed by atoms with E-state index in [0.717, 1.165) is 9.99 Å². The fourth-order valence-corrected chi connectivity index (χ4v) is 5.01. The van der Waals surface area contributed by atoms with Crippen molar-refractivity contribution in [1.29, 1.82) is 0 Å². The second kappa shape index (κ2) is 8.27. The highest BCUT2D eigenvalue weighted by Crippen LogP contribution is 2.43. The predicted molar refractivity (Wildman–Crippen MR) is 102 cm³/mol. The normalized spacial score (nSPS) is 17.6. The molecule has 1 saturated heterocycles. The summed E-state index contributed by atoms with van der Waals surface area (Å²) in [6, 6.07) is 6.98. The first-order valence-electron chi connectivity index (χ1n) is 7.69. The largest absolute Gasteiger partial charge is 0.465 e. The van der Waals surface area contributed by atoms with Crippen LogP contribution in [-0.4, -0.2) is 22.6 Å². The van der Waals surface area contributed by atoms with Crippen LogP contribution in [0.2, 0.25) is 0 Å². The van der Waals surface area contributed by atoms with Gasteiger partial charge in [0.05, 0.1) is 22.3 Å². The number of rotatable bonds is 6. The third kappa shape index (κ3) is 4.67. The molecule has 3 heterocycles. The summed E-state index contributed by atoms with van der Waals surface area (Å²) in [6.45, 7) is 2.08. The SMILES string of the molecule is CC1CSC(=C(C(=O)/C=C/c2ccco2)C(=O)/C=C/c2ccco2)S1. The number of ketones is 2. The molecule has 3 rings (SSSR count). The van der Waals surface area contributed by atoms with Crippen molar-refractivity contribution in [3.63, 3.8) is 0 Å². The van der Waals surface area contributed by atoms with E-state index in [2.05, 4.69) is 6.92 Å². The first-order valence-corrected chi connectivity index (χ1v) is 9.55. The molecule has 4 nitrogen and oxygen atoms in total. The second-order valence-corrected chi connectivity index (χ2v) is 8.07. The minimum Gasteiger partial charge on any atom is -0.465 e. The van der Waals surface area contributed by atoms with Gasteiger partial charge >= 0.3 is 0 Å². The molecule has 2 aromatic heterocycles. The zero-order chi connectivity index (χ0) is 17.6. The quantitative estimate of drug-likeness (QED) is 0.412. The molecule has 1 atom stereocenters. The van der Waals surface area contributed by atoms with Crippen LogP contribution < -0.4 is 0 Å². The zero-order valence-corrected chi connectivity index (χ0v) is 15.1. The molecule has 0 amide bonds. The molecule has 0 bridgehead atoms. The highest BCUT2D eigenvalue weighted by molar-refractivity contribution is 8.25. The van der Waals surface area contributed by atoms with Gasteiger partial charge in [0.1, 0.15) is 11.5 Å². The van der Waals surface area contributed by atoms with E-state index in [1.54, 1.807) is 59.9 Å². The third-order valence-corrected chi connectivity index (χ3v) is 6.31. The third-order valence-electron chi connectivity index (χ3n) is 3.34. The Labute approximate surface area is 154 Å². The molecular formula is C19H16O4S2. The van der Waals surface area contributed by atoms with Crippen molar-refractivity contribution < 1.29 is 18.4 Å². The number of carbonyl (C=O) groups excluding carboxylic acids is 2. The van der Waals surface area contributed by atoms with Gasteiger partial charge in [-0.3, -0.25) is 9.59 Å². The summed E-state index contributed by atoms with van der Waals surface area (Å²) < 4.78 is 11.1. The molecule has 2 aromatic rings. The van der Waals surface area contributed by atoms with E-state index in [1.165, 1.54) is 24.7 Å². The minimum absolute atomic E-state index is 0.199. The molecule has 1 aliphatic rings. The molecule has 0 spiro atoms. The van der Waals surface area contributed by atoms with Crippen LogP contribution in [0.4, 0.5) is 0 Å². The molecule has 0 saturated carbocycles. The number of furan rings is 2. The Kier molecular flexibility index (Phi) is 5.83. The molecule has 0 aromatic carbocycles. The molecule has 0 N–H and O–H groups in total. The minimum atomic E-state index is -0.324. The van der Waals surface area contributed by atoms with Crippen LogP contribution >= 0.6 is 23.5 Å². The van der Waals surface area contributed by atoms with Crippen LogP contribution in [0.25, 0.3) is 12.2 Å². The summed E-state index contributed by atoms with van der Waals surface area (Å²) in [5.74, 6) is 1.37. The zero-order valence-electron chi connectivity index (χ0n) is 13.5. The maximum absolute atomic E-state index is 12.6. The Morgan fingerprint density at radius 3 is 2.00 bits per heavy atom. The van der Waals surface area contributed by atoms with Gasteiger partial charge in [0, 0.05) is 11.0 Å². The maximum Gasteiger partial charge on any atom is 0.191 e. The lowest BCUT2D eigenvalue weighted by molar-refractivity contribution is -0.116. The van der Waals surface area contributed by atoms with Crippen LogP contribution in [0.3, 0.4) is 0 Å². The topological polar surface area (TPSA) is 60.4 Å². The summed E-state index contributed by atoms with van der Waals surface area (Å²) >= 11 is 3.11.